The Bertz CT molecular complexity index is 920. The zero-order valence-electron chi connectivity index (χ0n) is 15.1. The molecule has 138 valence electrons. The second-order valence-corrected chi connectivity index (χ2v) is 6.92. The van der Waals surface area contributed by atoms with Crippen LogP contribution in [0.1, 0.15) is 18.5 Å². The van der Waals surface area contributed by atoms with Crippen molar-refractivity contribution in [1.82, 2.24) is 29.4 Å². The Balaban J connectivity index is 1.34. The Morgan fingerprint density at radius 3 is 2.48 bits per heavy atom. The van der Waals surface area contributed by atoms with Crippen LogP contribution in [0.5, 0.6) is 0 Å². The largest absolute Gasteiger partial charge is 0.299 e. The van der Waals surface area contributed by atoms with E-state index >= 15 is 0 Å². The van der Waals surface area contributed by atoms with Gasteiger partial charge >= 0.3 is 0 Å². The maximum atomic E-state index is 12.5. The van der Waals surface area contributed by atoms with E-state index in [9.17, 15) is 4.79 Å². The molecule has 1 fully saturated rings. The summed E-state index contributed by atoms with van der Waals surface area (Å²) in [5, 5.41) is 0. The second-order valence-electron chi connectivity index (χ2n) is 6.92. The highest BCUT2D eigenvalue weighted by atomic mass is 16.1. The van der Waals surface area contributed by atoms with Gasteiger partial charge in [0, 0.05) is 43.3 Å². The smallest absolute Gasteiger partial charge is 0.253 e. The summed E-state index contributed by atoms with van der Waals surface area (Å²) in [6.45, 7) is 3.62. The molecular formula is C20H22N6O. The average molecular weight is 362 g/mol. The van der Waals surface area contributed by atoms with Crippen LogP contribution in [0.2, 0.25) is 0 Å². The molecule has 0 saturated carbocycles. The third kappa shape index (κ3) is 4.43. The summed E-state index contributed by atoms with van der Waals surface area (Å²) in [6, 6.07) is 7.29. The van der Waals surface area contributed by atoms with Gasteiger partial charge in [-0.1, -0.05) is 0 Å². The topological polar surface area (TPSA) is 76.8 Å². The Labute approximate surface area is 157 Å². The van der Waals surface area contributed by atoms with Gasteiger partial charge in [-0.05, 0) is 50.0 Å². The summed E-state index contributed by atoms with van der Waals surface area (Å²) in [6.07, 6.45) is 10.6. The van der Waals surface area contributed by atoms with E-state index in [4.69, 9.17) is 0 Å². The van der Waals surface area contributed by atoms with Crippen LogP contribution in [0.25, 0.3) is 11.3 Å². The number of hydrogen-bond donors (Lipinski definition) is 0. The van der Waals surface area contributed by atoms with Crippen LogP contribution in [0.3, 0.4) is 0 Å². The number of pyridine rings is 1. The number of rotatable bonds is 5. The van der Waals surface area contributed by atoms with E-state index in [2.05, 4.69) is 24.8 Å². The van der Waals surface area contributed by atoms with Crippen LogP contribution in [-0.4, -0.2) is 42.5 Å². The normalized spacial score (nSPS) is 15.7. The van der Waals surface area contributed by atoms with Crippen molar-refractivity contribution in [2.24, 2.45) is 5.92 Å². The van der Waals surface area contributed by atoms with Gasteiger partial charge in [0.25, 0.3) is 5.56 Å². The first-order chi connectivity index (χ1) is 13.3. The predicted molar refractivity (Wildman–Crippen MR) is 102 cm³/mol. The zero-order valence-corrected chi connectivity index (χ0v) is 15.1. The fraction of sp³-hybridized carbons (Fsp3) is 0.350. The van der Waals surface area contributed by atoms with Crippen LogP contribution >= 0.6 is 0 Å². The Morgan fingerprint density at radius 1 is 1.00 bits per heavy atom. The lowest BCUT2D eigenvalue weighted by atomic mass is 9.96. The lowest BCUT2D eigenvalue weighted by molar-refractivity contribution is 0.164. The third-order valence-corrected chi connectivity index (χ3v) is 5.05. The monoisotopic (exact) mass is 362 g/mol. The number of likely N-dealkylation sites (tertiary alicyclic amines) is 1. The van der Waals surface area contributed by atoms with Gasteiger partial charge in [-0.2, -0.15) is 0 Å². The quantitative estimate of drug-likeness (QED) is 0.691. The molecule has 4 heterocycles. The van der Waals surface area contributed by atoms with Crippen molar-refractivity contribution in [2.45, 2.75) is 25.9 Å². The average Bonchev–Trinajstić information content (AvgIpc) is 2.72. The van der Waals surface area contributed by atoms with Crippen molar-refractivity contribution in [3.63, 3.8) is 0 Å². The summed E-state index contributed by atoms with van der Waals surface area (Å²) < 4.78 is 1.73. The molecule has 4 rings (SSSR count). The van der Waals surface area contributed by atoms with Crippen LogP contribution in [0, 0.1) is 5.92 Å². The molecule has 0 atom stereocenters. The first-order valence-corrected chi connectivity index (χ1v) is 9.22. The van der Waals surface area contributed by atoms with Gasteiger partial charge in [0.1, 0.15) is 6.33 Å². The Morgan fingerprint density at radius 2 is 1.78 bits per heavy atom. The van der Waals surface area contributed by atoms with Crippen LogP contribution in [0.15, 0.2) is 60.3 Å². The molecule has 0 N–H and O–H groups in total. The second kappa shape index (κ2) is 8.18. The molecule has 3 aromatic heterocycles. The van der Waals surface area contributed by atoms with Gasteiger partial charge in [-0.25, -0.2) is 15.0 Å². The molecule has 0 aliphatic carbocycles. The molecular weight excluding hydrogens is 340 g/mol. The minimum atomic E-state index is 0.000211. The van der Waals surface area contributed by atoms with Crippen molar-refractivity contribution < 1.29 is 0 Å². The standard InChI is InChI=1S/C20H22N6O/c27-20-11-19(17-1-6-21-7-2-17)24-15-26(20)12-16-4-9-25(10-5-16)13-18-3-8-22-14-23-18/h1-3,6-8,11,14-16H,4-5,9-10,12-13H2. The predicted octanol–water partition coefficient (Wildman–Crippen LogP) is 2.01. The summed E-state index contributed by atoms with van der Waals surface area (Å²) in [5.74, 6) is 0.498. The van der Waals surface area contributed by atoms with E-state index < -0.39 is 0 Å². The maximum absolute atomic E-state index is 12.5. The van der Waals surface area contributed by atoms with E-state index in [1.165, 1.54) is 0 Å². The van der Waals surface area contributed by atoms with Gasteiger partial charge < -0.3 is 0 Å². The molecule has 0 amide bonds. The number of hydrogen-bond acceptors (Lipinski definition) is 6. The molecule has 27 heavy (non-hydrogen) atoms. The molecule has 1 aliphatic heterocycles. The summed E-state index contributed by atoms with van der Waals surface area (Å²) >= 11 is 0. The molecule has 0 aromatic carbocycles. The minimum Gasteiger partial charge on any atom is -0.299 e. The van der Waals surface area contributed by atoms with Crippen molar-refractivity contribution >= 4 is 0 Å². The number of piperidine rings is 1. The van der Waals surface area contributed by atoms with Crippen molar-refractivity contribution in [3.8, 4) is 11.3 Å². The minimum absolute atomic E-state index is 0.000211. The van der Waals surface area contributed by atoms with Gasteiger partial charge in [-0.3, -0.25) is 19.2 Å². The highest BCUT2D eigenvalue weighted by Gasteiger charge is 2.20. The molecule has 1 aliphatic rings. The van der Waals surface area contributed by atoms with Crippen LogP contribution in [0.4, 0.5) is 0 Å². The van der Waals surface area contributed by atoms with E-state index in [0.29, 0.717) is 11.6 Å². The molecule has 7 heteroatoms. The van der Waals surface area contributed by atoms with Gasteiger partial charge in [0.15, 0.2) is 0 Å². The zero-order chi connectivity index (χ0) is 18.5. The number of aromatic nitrogens is 5. The van der Waals surface area contributed by atoms with Crippen molar-refractivity contribution in [2.75, 3.05) is 13.1 Å². The van der Waals surface area contributed by atoms with Crippen molar-refractivity contribution in [3.05, 3.63) is 71.6 Å². The van der Waals surface area contributed by atoms with Gasteiger partial charge in [0.05, 0.1) is 17.7 Å². The molecule has 0 bridgehead atoms. The van der Waals surface area contributed by atoms with E-state index in [1.54, 1.807) is 41.9 Å². The third-order valence-electron chi connectivity index (χ3n) is 5.05. The molecule has 1 saturated heterocycles. The Hall–Kier alpha value is -2.93. The van der Waals surface area contributed by atoms with Crippen molar-refractivity contribution in [1.29, 1.82) is 0 Å². The Kier molecular flexibility index (Phi) is 5.29. The lowest BCUT2D eigenvalue weighted by Gasteiger charge is -2.31. The lowest BCUT2D eigenvalue weighted by Crippen LogP contribution is -2.36. The van der Waals surface area contributed by atoms with Crippen LogP contribution < -0.4 is 5.56 Å². The molecule has 0 radical (unpaired) electrons. The SMILES string of the molecule is O=c1cc(-c2ccncc2)ncn1CC1CCN(Cc2ccncn2)CC1. The summed E-state index contributed by atoms with van der Waals surface area (Å²) in [7, 11) is 0. The first kappa shape index (κ1) is 17.5. The van der Waals surface area contributed by atoms with Crippen LogP contribution in [-0.2, 0) is 13.1 Å². The highest BCUT2D eigenvalue weighted by molar-refractivity contribution is 5.57. The first-order valence-electron chi connectivity index (χ1n) is 9.22. The number of nitrogens with zero attached hydrogens (tertiary/aromatic N) is 6. The maximum Gasteiger partial charge on any atom is 0.253 e. The van der Waals surface area contributed by atoms with E-state index in [-0.39, 0.29) is 5.56 Å². The molecule has 0 spiro atoms. The fourth-order valence-electron chi connectivity index (χ4n) is 3.49. The fourth-order valence-corrected chi connectivity index (χ4v) is 3.49. The van der Waals surface area contributed by atoms with Gasteiger partial charge in [-0.15, -0.1) is 0 Å². The van der Waals surface area contributed by atoms with E-state index in [1.807, 2.05) is 18.2 Å². The molecule has 7 nitrogen and oxygen atoms in total. The summed E-state index contributed by atoms with van der Waals surface area (Å²) in [4.78, 5) is 31.6. The summed E-state index contributed by atoms with van der Waals surface area (Å²) in [5.41, 5.74) is 2.65. The molecule has 0 unspecified atom stereocenters. The highest BCUT2D eigenvalue weighted by Crippen LogP contribution is 2.20. The van der Waals surface area contributed by atoms with Gasteiger partial charge in [0.2, 0.25) is 0 Å². The van der Waals surface area contributed by atoms with E-state index in [0.717, 1.165) is 50.3 Å². The molecule has 3 aromatic rings.